The number of hydrogen-bond acceptors (Lipinski definition) is 2. The Labute approximate surface area is 106 Å². The summed E-state index contributed by atoms with van der Waals surface area (Å²) in [6, 6.07) is -0.0357. The molecule has 0 radical (unpaired) electrons. The number of amides is 1. The topological polar surface area (TPSA) is 55.1 Å². The Morgan fingerprint density at radius 1 is 1.35 bits per heavy atom. The zero-order valence-corrected chi connectivity index (χ0v) is 11.8. The molecule has 1 saturated carbocycles. The van der Waals surface area contributed by atoms with Gasteiger partial charge in [-0.1, -0.05) is 40.5 Å². The maximum atomic E-state index is 11.9. The third kappa shape index (κ3) is 3.98. The Kier molecular flexibility index (Phi) is 4.99. The molecule has 0 aliphatic heterocycles. The van der Waals surface area contributed by atoms with Crippen LogP contribution in [0.15, 0.2) is 0 Å². The molecule has 3 N–H and O–H groups in total. The molecule has 0 spiro atoms. The summed E-state index contributed by atoms with van der Waals surface area (Å²) in [5.41, 5.74) is 6.03. The zero-order valence-electron chi connectivity index (χ0n) is 11.8. The highest BCUT2D eigenvalue weighted by Gasteiger charge is 2.35. The molecule has 1 aliphatic rings. The van der Waals surface area contributed by atoms with Crippen molar-refractivity contribution in [3.05, 3.63) is 0 Å². The summed E-state index contributed by atoms with van der Waals surface area (Å²) in [5.74, 6) is 0.595. The first-order valence-corrected chi connectivity index (χ1v) is 6.92. The maximum absolute atomic E-state index is 11.9. The van der Waals surface area contributed by atoms with E-state index >= 15 is 0 Å². The summed E-state index contributed by atoms with van der Waals surface area (Å²) in [6.07, 6.45) is 5.53. The second-order valence-corrected chi connectivity index (χ2v) is 6.39. The summed E-state index contributed by atoms with van der Waals surface area (Å²) in [5, 5.41) is 3.16. The van der Waals surface area contributed by atoms with E-state index in [0.717, 1.165) is 6.42 Å². The monoisotopic (exact) mass is 240 g/mol. The Balaban J connectivity index is 2.63. The molecular formula is C14H28N2O. The lowest BCUT2D eigenvalue weighted by atomic mass is 9.69. The van der Waals surface area contributed by atoms with Gasteiger partial charge in [0.05, 0.1) is 6.04 Å². The molecule has 3 nitrogen and oxygen atoms in total. The third-order valence-electron chi connectivity index (χ3n) is 3.98. The van der Waals surface area contributed by atoms with Gasteiger partial charge in [-0.15, -0.1) is 0 Å². The van der Waals surface area contributed by atoms with Crippen molar-refractivity contribution in [2.75, 3.05) is 0 Å². The Bertz CT molecular complexity index is 257. The number of hydrogen-bond donors (Lipinski definition) is 2. The average molecular weight is 240 g/mol. The van der Waals surface area contributed by atoms with Crippen LogP contribution in [0, 0.1) is 11.3 Å². The smallest absolute Gasteiger partial charge is 0.237 e. The minimum absolute atomic E-state index is 0.0219. The highest BCUT2D eigenvalue weighted by atomic mass is 16.2. The van der Waals surface area contributed by atoms with Crippen LogP contribution in [0.1, 0.15) is 59.8 Å². The molecule has 1 amide bonds. The van der Waals surface area contributed by atoms with Crippen molar-refractivity contribution in [2.24, 2.45) is 17.1 Å². The van der Waals surface area contributed by atoms with Crippen LogP contribution in [0.25, 0.3) is 0 Å². The van der Waals surface area contributed by atoms with Gasteiger partial charge in [0.1, 0.15) is 0 Å². The lowest BCUT2D eigenvalue weighted by Gasteiger charge is -2.41. The molecule has 0 saturated heterocycles. The number of nitrogens with one attached hydrogen (secondary N) is 1. The molecular weight excluding hydrogens is 212 g/mol. The molecule has 3 heteroatoms. The summed E-state index contributed by atoms with van der Waals surface area (Å²) >= 11 is 0. The van der Waals surface area contributed by atoms with E-state index in [9.17, 15) is 4.79 Å². The molecule has 1 rings (SSSR count). The van der Waals surface area contributed by atoms with E-state index in [4.69, 9.17) is 5.73 Å². The van der Waals surface area contributed by atoms with E-state index in [0.29, 0.717) is 18.4 Å². The fourth-order valence-electron chi connectivity index (χ4n) is 2.82. The van der Waals surface area contributed by atoms with Gasteiger partial charge in [-0.25, -0.2) is 0 Å². The zero-order chi connectivity index (χ0) is 13.1. The first kappa shape index (κ1) is 14.5. The molecule has 2 unspecified atom stereocenters. The van der Waals surface area contributed by atoms with E-state index in [-0.39, 0.29) is 17.4 Å². The van der Waals surface area contributed by atoms with Gasteiger partial charge >= 0.3 is 0 Å². The number of nitrogens with two attached hydrogens (primary N) is 1. The molecule has 1 fully saturated rings. The normalized spacial score (nSPS) is 27.6. The first-order valence-electron chi connectivity index (χ1n) is 6.92. The number of carbonyl (C=O) groups is 1. The lowest BCUT2D eigenvalue weighted by Crippen LogP contribution is -2.51. The van der Waals surface area contributed by atoms with Gasteiger partial charge in [-0.2, -0.15) is 0 Å². The number of rotatable bonds is 3. The van der Waals surface area contributed by atoms with Crippen molar-refractivity contribution < 1.29 is 4.79 Å². The van der Waals surface area contributed by atoms with Crippen molar-refractivity contribution in [3.8, 4) is 0 Å². The standard InChI is InChI=1S/C14H28N2O/c1-5-11(15)13(17)16-12-9-7-6-8-10(12)14(2,3)4/h10-12H,5-9,15H2,1-4H3,(H,16,17)/t10?,11-,12?/m1/s1. The summed E-state index contributed by atoms with van der Waals surface area (Å²) in [4.78, 5) is 11.9. The molecule has 0 aromatic heterocycles. The van der Waals surface area contributed by atoms with Gasteiger partial charge < -0.3 is 11.1 Å². The van der Waals surface area contributed by atoms with Crippen LogP contribution >= 0.6 is 0 Å². The first-order chi connectivity index (χ1) is 7.86. The van der Waals surface area contributed by atoms with Gasteiger partial charge in [0.25, 0.3) is 0 Å². The fourth-order valence-corrected chi connectivity index (χ4v) is 2.82. The van der Waals surface area contributed by atoms with Crippen LogP contribution in [0.3, 0.4) is 0 Å². The average Bonchev–Trinajstić information content (AvgIpc) is 2.27. The SMILES string of the molecule is CC[C@@H](N)C(=O)NC1CCCCC1C(C)(C)C. The summed E-state index contributed by atoms with van der Waals surface area (Å²) < 4.78 is 0. The van der Waals surface area contributed by atoms with E-state index in [2.05, 4.69) is 26.1 Å². The van der Waals surface area contributed by atoms with Crippen molar-refractivity contribution >= 4 is 5.91 Å². The summed E-state index contributed by atoms with van der Waals surface area (Å²) in [7, 11) is 0. The highest BCUT2D eigenvalue weighted by molar-refractivity contribution is 5.81. The molecule has 0 bridgehead atoms. The van der Waals surface area contributed by atoms with Gasteiger partial charge in [0.15, 0.2) is 0 Å². The second-order valence-electron chi connectivity index (χ2n) is 6.39. The van der Waals surface area contributed by atoms with Gasteiger partial charge in [0.2, 0.25) is 5.91 Å². The predicted octanol–water partition coefficient (Wildman–Crippen LogP) is 2.44. The van der Waals surface area contributed by atoms with Crippen molar-refractivity contribution in [1.82, 2.24) is 5.32 Å². The minimum Gasteiger partial charge on any atom is -0.352 e. The third-order valence-corrected chi connectivity index (χ3v) is 3.98. The van der Waals surface area contributed by atoms with Crippen LogP contribution in [-0.4, -0.2) is 18.0 Å². The number of carbonyl (C=O) groups excluding carboxylic acids is 1. The quantitative estimate of drug-likeness (QED) is 0.796. The van der Waals surface area contributed by atoms with Crippen molar-refractivity contribution in [2.45, 2.75) is 71.9 Å². The minimum atomic E-state index is -0.349. The van der Waals surface area contributed by atoms with E-state index in [1.54, 1.807) is 0 Å². The Morgan fingerprint density at radius 2 is 1.94 bits per heavy atom. The fraction of sp³-hybridized carbons (Fsp3) is 0.929. The molecule has 0 heterocycles. The van der Waals surface area contributed by atoms with Gasteiger partial charge in [-0.3, -0.25) is 4.79 Å². The molecule has 100 valence electrons. The van der Waals surface area contributed by atoms with E-state index in [1.165, 1.54) is 19.3 Å². The van der Waals surface area contributed by atoms with Crippen LogP contribution < -0.4 is 11.1 Å². The van der Waals surface area contributed by atoms with Gasteiger partial charge in [0, 0.05) is 6.04 Å². The van der Waals surface area contributed by atoms with Crippen LogP contribution in [0.5, 0.6) is 0 Å². The highest BCUT2D eigenvalue weighted by Crippen LogP contribution is 2.37. The maximum Gasteiger partial charge on any atom is 0.237 e. The lowest BCUT2D eigenvalue weighted by molar-refractivity contribution is -0.124. The van der Waals surface area contributed by atoms with Gasteiger partial charge in [-0.05, 0) is 30.6 Å². The van der Waals surface area contributed by atoms with E-state index in [1.807, 2.05) is 6.92 Å². The van der Waals surface area contributed by atoms with Crippen molar-refractivity contribution in [1.29, 1.82) is 0 Å². The molecule has 0 aromatic rings. The Morgan fingerprint density at radius 3 is 2.47 bits per heavy atom. The van der Waals surface area contributed by atoms with E-state index < -0.39 is 0 Å². The second kappa shape index (κ2) is 5.85. The van der Waals surface area contributed by atoms with Crippen LogP contribution in [-0.2, 0) is 4.79 Å². The molecule has 17 heavy (non-hydrogen) atoms. The molecule has 1 aliphatic carbocycles. The van der Waals surface area contributed by atoms with Crippen LogP contribution in [0.4, 0.5) is 0 Å². The van der Waals surface area contributed by atoms with Crippen LogP contribution in [0.2, 0.25) is 0 Å². The van der Waals surface area contributed by atoms with Crippen molar-refractivity contribution in [3.63, 3.8) is 0 Å². The molecule has 0 aromatic carbocycles. The predicted molar refractivity (Wildman–Crippen MR) is 71.6 cm³/mol. The Hall–Kier alpha value is -0.570. The largest absolute Gasteiger partial charge is 0.352 e. The molecule has 3 atom stereocenters. The summed E-state index contributed by atoms with van der Waals surface area (Å²) in [6.45, 7) is 8.75.